The van der Waals surface area contributed by atoms with Crippen LogP contribution in [0, 0.1) is 0 Å². The normalized spacial score (nSPS) is 19.1. The second-order valence-electron chi connectivity index (χ2n) is 7.16. The van der Waals surface area contributed by atoms with E-state index in [1.54, 1.807) is 12.1 Å². The van der Waals surface area contributed by atoms with Gasteiger partial charge >= 0.3 is 0 Å². The summed E-state index contributed by atoms with van der Waals surface area (Å²) in [4.78, 5) is 28.1. The number of carbonyl (C=O) groups is 1. The van der Waals surface area contributed by atoms with E-state index < -0.39 is 0 Å². The summed E-state index contributed by atoms with van der Waals surface area (Å²) >= 11 is 0. The first kappa shape index (κ1) is 17.6. The second-order valence-corrected chi connectivity index (χ2v) is 7.16. The molecule has 29 heavy (non-hydrogen) atoms. The smallest absolute Gasteiger partial charge is 0.229 e. The lowest BCUT2D eigenvalue weighted by Crippen LogP contribution is -2.38. The van der Waals surface area contributed by atoms with Gasteiger partial charge in [-0.05, 0) is 12.1 Å². The van der Waals surface area contributed by atoms with Crippen molar-refractivity contribution in [1.82, 2.24) is 15.0 Å². The topological polar surface area (TPSA) is 126 Å². The second kappa shape index (κ2) is 6.85. The predicted molar refractivity (Wildman–Crippen MR) is 108 cm³/mol. The molecule has 0 unspecified atom stereocenters. The fraction of sp³-hybridized carbons (Fsp3) is 0.300. The Labute approximate surface area is 166 Å². The first-order valence-corrected chi connectivity index (χ1v) is 9.49. The third-order valence-corrected chi connectivity index (χ3v) is 5.33. The monoisotopic (exact) mass is 392 g/mol. The number of rotatable bonds is 2. The van der Waals surface area contributed by atoms with Gasteiger partial charge in [-0.2, -0.15) is 9.97 Å². The first-order chi connectivity index (χ1) is 14.1. The Morgan fingerprint density at radius 2 is 1.97 bits per heavy atom. The molecule has 0 aliphatic carbocycles. The van der Waals surface area contributed by atoms with Crippen molar-refractivity contribution in [2.24, 2.45) is 0 Å². The molecule has 0 spiro atoms. The highest BCUT2D eigenvalue weighted by molar-refractivity contribution is 5.95. The average Bonchev–Trinajstić information content (AvgIpc) is 2.73. The minimum Gasteiger partial charge on any atom is -0.506 e. The molecule has 1 atom stereocenters. The number of amides is 1. The van der Waals surface area contributed by atoms with Crippen molar-refractivity contribution in [1.29, 1.82) is 0 Å². The van der Waals surface area contributed by atoms with Gasteiger partial charge in [0.1, 0.15) is 22.9 Å². The van der Waals surface area contributed by atoms with E-state index in [1.165, 1.54) is 0 Å². The average molecular weight is 392 g/mol. The van der Waals surface area contributed by atoms with Crippen LogP contribution in [0.1, 0.15) is 23.6 Å². The van der Waals surface area contributed by atoms with Gasteiger partial charge in [0, 0.05) is 42.1 Å². The number of morpholine rings is 1. The first-order valence-electron chi connectivity index (χ1n) is 9.49. The van der Waals surface area contributed by atoms with E-state index in [1.807, 2.05) is 23.1 Å². The third kappa shape index (κ3) is 3.09. The molecular weight excluding hydrogens is 372 g/mol. The molecular formula is C20H20N6O3. The van der Waals surface area contributed by atoms with Crippen LogP contribution >= 0.6 is 0 Å². The molecule has 1 aromatic carbocycles. The number of benzene rings is 1. The fourth-order valence-corrected chi connectivity index (χ4v) is 3.88. The molecule has 1 fully saturated rings. The summed E-state index contributed by atoms with van der Waals surface area (Å²) in [6.45, 7) is 2.53. The van der Waals surface area contributed by atoms with Gasteiger partial charge in [-0.3, -0.25) is 4.79 Å². The van der Waals surface area contributed by atoms with Gasteiger partial charge in [0.15, 0.2) is 0 Å². The number of nitrogens with two attached hydrogens (primary N) is 1. The molecule has 3 aromatic rings. The number of aromatic nitrogens is 3. The molecule has 9 nitrogen and oxygen atoms in total. The van der Waals surface area contributed by atoms with Gasteiger partial charge in [0.05, 0.1) is 13.2 Å². The van der Waals surface area contributed by atoms with Crippen LogP contribution in [0.25, 0.3) is 10.9 Å². The number of nitrogens with one attached hydrogen (secondary N) is 1. The Kier molecular flexibility index (Phi) is 4.17. The number of hydrogen-bond donors (Lipinski definition) is 3. The molecule has 9 heteroatoms. The lowest BCUT2D eigenvalue weighted by molar-refractivity contribution is -0.116. The molecule has 4 heterocycles. The van der Waals surface area contributed by atoms with E-state index in [2.05, 4.69) is 20.3 Å². The molecule has 0 bridgehead atoms. The molecule has 5 rings (SSSR count). The number of para-hydroxylation sites is 1. The summed E-state index contributed by atoms with van der Waals surface area (Å²) in [6.07, 6.45) is 0.184. The van der Waals surface area contributed by atoms with Gasteiger partial charge in [0.25, 0.3) is 0 Å². The van der Waals surface area contributed by atoms with Crippen LogP contribution < -0.4 is 16.0 Å². The Bertz CT molecular complexity index is 1110. The van der Waals surface area contributed by atoms with E-state index in [0.717, 1.165) is 5.39 Å². The Morgan fingerprint density at radius 3 is 2.79 bits per heavy atom. The summed E-state index contributed by atoms with van der Waals surface area (Å²) in [6, 6.07) is 8.96. The molecule has 2 aromatic heterocycles. The van der Waals surface area contributed by atoms with Crippen molar-refractivity contribution in [3.05, 3.63) is 41.6 Å². The van der Waals surface area contributed by atoms with E-state index in [-0.39, 0.29) is 24.0 Å². The van der Waals surface area contributed by atoms with Crippen molar-refractivity contribution in [3.8, 4) is 5.75 Å². The van der Waals surface area contributed by atoms with Crippen LogP contribution in [-0.2, 0) is 9.53 Å². The van der Waals surface area contributed by atoms with Gasteiger partial charge in [0.2, 0.25) is 11.9 Å². The quantitative estimate of drug-likeness (QED) is 0.601. The van der Waals surface area contributed by atoms with Gasteiger partial charge < -0.3 is 25.8 Å². The van der Waals surface area contributed by atoms with Crippen molar-refractivity contribution in [2.45, 2.75) is 12.3 Å². The summed E-state index contributed by atoms with van der Waals surface area (Å²) in [5.41, 5.74) is 8.11. The molecule has 1 saturated heterocycles. The molecule has 0 saturated carbocycles. The summed E-state index contributed by atoms with van der Waals surface area (Å²) in [5.74, 6) is 0.764. The number of anilines is 3. The number of fused-ring (bicyclic) bond motifs is 2. The lowest BCUT2D eigenvalue weighted by atomic mass is 9.89. The van der Waals surface area contributed by atoms with Crippen LogP contribution in [0.3, 0.4) is 0 Å². The van der Waals surface area contributed by atoms with E-state index >= 15 is 0 Å². The van der Waals surface area contributed by atoms with Gasteiger partial charge in [-0.1, -0.05) is 18.2 Å². The maximum absolute atomic E-state index is 12.4. The number of pyridine rings is 1. The maximum atomic E-state index is 12.4. The molecule has 0 radical (unpaired) electrons. The number of nitrogens with zero attached hydrogens (tertiary/aromatic N) is 4. The molecule has 1 amide bonds. The number of phenolic OH excluding ortho intramolecular Hbond substituents is 1. The van der Waals surface area contributed by atoms with E-state index in [4.69, 9.17) is 10.5 Å². The number of ether oxygens (including phenoxy) is 1. The third-order valence-electron chi connectivity index (χ3n) is 5.33. The fourth-order valence-electron chi connectivity index (χ4n) is 3.88. The summed E-state index contributed by atoms with van der Waals surface area (Å²) < 4.78 is 5.37. The Morgan fingerprint density at radius 1 is 1.14 bits per heavy atom. The highest BCUT2D eigenvalue weighted by Crippen LogP contribution is 2.40. The van der Waals surface area contributed by atoms with Crippen molar-refractivity contribution in [2.75, 3.05) is 42.3 Å². The molecule has 148 valence electrons. The van der Waals surface area contributed by atoms with Crippen LogP contribution in [0.5, 0.6) is 5.75 Å². The minimum absolute atomic E-state index is 0.0942. The van der Waals surface area contributed by atoms with Gasteiger partial charge in [-0.25, -0.2) is 4.98 Å². The number of hydrogen-bond acceptors (Lipinski definition) is 8. The Hall–Kier alpha value is -3.46. The van der Waals surface area contributed by atoms with Crippen LogP contribution in [0.4, 0.5) is 17.6 Å². The highest BCUT2D eigenvalue weighted by Gasteiger charge is 2.33. The lowest BCUT2D eigenvalue weighted by Gasteiger charge is -2.30. The van der Waals surface area contributed by atoms with Crippen molar-refractivity contribution >= 4 is 34.4 Å². The van der Waals surface area contributed by atoms with Gasteiger partial charge in [-0.15, -0.1) is 0 Å². The number of phenols is 1. The van der Waals surface area contributed by atoms with Crippen molar-refractivity contribution in [3.63, 3.8) is 0 Å². The standard InChI is InChI=1S/C20H20N6O3/c21-18-16-12(13-5-4-11-2-1-3-14(27)17(11)22-13)10-15(28)23-19(16)25-20(24-18)26-6-8-29-9-7-26/h1-5,12,27H,6-10H2,(H3,21,23,24,25,28)/t12-/m0/s1. The van der Waals surface area contributed by atoms with Crippen LogP contribution in [0.2, 0.25) is 0 Å². The van der Waals surface area contributed by atoms with Crippen molar-refractivity contribution < 1.29 is 14.6 Å². The molecule has 2 aliphatic rings. The van der Waals surface area contributed by atoms with Crippen LogP contribution in [0.15, 0.2) is 30.3 Å². The zero-order valence-electron chi connectivity index (χ0n) is 15.6. The largest absolute Gasteiger partial charge is 0.506 e. The number of aromatic hydroxyl groups is 1. The molecule has 4 N–H and O–H groups in total. The summed E-state index contributed by atoms with van der Waals surface area (Å²) in [7, 11) is 0. The number of nitrogen functional groups attached to an aromatic ring is 1. The summed E-state index contributed by atoms with van der Waals surface area (Å²) in [5, 5.41) is 13.8. The van der Waals surface area contributed by atoms with Crippen LogP contribution in [-0.4, -0.2) is 52.3 Å². The predicted octanol–water partition coefficient (Wildman–Crippen LogP) is 1.62. The highest BCUT2D eigenvalue weighted by atomic mass is 16.5. The molecule has 2 aliphatic heterocycles. The zero-order chi connectivity index (χ0) is 20.0. The zero-order valence-corrected chi connectivity index (χ0v) is 15.6. The SMILES string of the molecule is Nc1nc(N2CCOCC2)nc2c1[C@H](c1ccc3cccc(O)c3n1)CC(=O)N2. The maximum Gasteiger partial charge on any atom is 0.229 e. The van der Waals surface area contributed by atoms with E-state index in [0.29, 0.717) is 60.7 Å². The van der Waals surface area contributed by atoms with E-state index in [9.17, 15) is 9.90 Å². The number of carbonyl (C=O) groups excluding carboxylic acids is 1. The Balaban J connectivity index is 1.60. The minimum atomic E-state index is -0.388.